The Balaban J connectivity index is 2.22. The summed E-state index contributed by atoms with van der Waals surface area (Å²) in [4.78, 5) is 13.4. The SMILES string of the molecule is CC=CCc1cc2c(c(P(=O)(OCCCC)OCCCC)c1)-c1ccccc1C2C(=O)NCCC. The van der Waals surface area contributed by atoms with Gasteiger partial charge in [-0.05, 0) is 60.9 Å². The first kappa shape index (κ1) is 27.4. The molecule has 0 bridgehead atoms. The fraction of sp³-hybridized carbons (Fsp3) is 0.483. The van der Waals surface area contributed by atoms with Crippen molar-refractivity contribution >= 4 is 18.8 Å². The van der Waals surface area contributed by atoms with Gasteiger partial charge in [0.25, 0.3) is 0 Å². The summed E-state index contributed by atoms with van der Waals surface area (Å²) in [6.45, 7) is 9.55. The van der Waals surface area contributed by atoms with Crippen LogP contribution in [0.1, 0.15) is 82.4 Å². The summed E-state index contributed by atoms with van der Waals surface area (Å²) in [5.41, 5.74) is 4.59. The van der Waals surface area contributed by atoms with Crippen LogP contribution in [-0.2, 0) is 24.8 Å². The average Bonchev–Trinajstić information content (AvgIpc) is 3.20. The monoisotopic (exact) mass is 497 g/mol. The number of benzene rings is 2. The lowest BCUT2D eigenvalue weighted by atomic mass is 9.94. The number of hydrogen-bond acceptors (Lipinski definition) is 4. The molecular formula is C29H40NO4P. The molecule has 0 radical (unpaired) electrons. The number of fused-ring (bicyclic) bond motifs is 3. The quantitative estimate of drug-likeness (QED) is 0.175. The number of allylic oxidation sites excluding steroid dienone is 2. The zero-order valence-corrected chi connectivity index (χ0v) is 22.5. The van der Waals surface area contributed by atoms with Gasteiger partial charge >= 0.3 is 7.60 Å². The average molecular weight is 498 g/mol. The van der Waals surface area contributed by atoms with Crippen LogP contribution in [0.3, 0.4) is 0 Å². The Hall–Kier alpha value is -2.20. The van der Waals surface area contributed by atoms with Gasteiger partial charge in [0.05, 0.1) is 24.4 Å². The molecule has 0 spiro atoms. The zero-order chi connectivity index (χ0) is 25.3. The van der Waals surface area contributed by atoms with E-state index in [9.17, 15) is 9.36 Å². The smallest absolute Gasteiger partial charge is 0.355 e. The Labute approximate surface area is 210 Å². The number of rotatable bonds is 14. The van der Waals surface area contributed by atoms with Crippen molar-refractivity contribution < 1.29 is 18.4 Å². The number of carbonyl (C=O) groups excluding carboxylic acids is 1. The molecule has 6 heteroatoms. The van der Waals surface area contributed by atoms with Crippen LogP contribution >= 0.6 is 7.60 Å². The molecule has 1 aliphatic rings. The van der Waals surface area contributed by atoms with Crippen LogP contribution in [0, 0.1) is 0 Å². The van der Waals surface area contributed by atoms with Gasteiger partial charge in [0.1, 0.15) is 0 Å². The summed E-state index contributed by atoms with van der Waals surface area (Å²) < 4.78 is 26.6. The standard InChI is InChI=1S/C29H40NO4P/c1-5-9-14-22-20-25-27(23-15-12-13-16-24(23)28(25)29(31)30-17-8-4)26(21-22)35(32,33-18-10-6-2)34-19-11-7-3/h5,9,12-13,15-16,20-21,28H,6-8,10-11,14,17-19H2,1-4H3,(H,30,31). The third-order valence-electron chi connectivity index (χ3n) is 6.27. The highest BCUT2D eigenvalue weighted by Gasteiger charge is 2.40. The molecule has 2 aromatic carbocycles. The number of hydrogen-bond donors (Lipinski definition) is 1. The lowest BCUT2D eigenvalue weighted by Crippen LogP contribution is -2.30. The van der Waals surface area contributed by atoms with E-state index < -0.39 is 13.5 Å². The van der Waals surface area contributed by atoms with Crippen molar-refractivity contribution in [1.82, 2.24) is 5.32 Å². The van der Waals surface area contributed by atoms with Gasteiger partial charge in [0.2, 0.25) is 5.91 Å². The van der Waals surface area contributed by atoms with Crippen molar-refractivity contribution in [3.63, 3.8) is 0 Å². The van der Waals surface area contributed by atoms with Crippen molar-refractivity contribution in [2.24, 2.45) is 0 Å². The summed E-state index contributed by atoms with van der Waals surface area (Å²) in [5, 5.41) is 3.66. The van der Waals surface area contributed by atoms with Crippen LogP contribution in [-0.4, -0.2) is 25.7 Å². The number of nitrogens with one attached hydrogen (secondary N) is 1. The Morgan fingerprint density at radius 1 is 1.00 bits per heavy atom. The first-order valence-electron chi connectivity index (χ1n) is 13.0. The molecule has 1 atom stereocenters. The van der Waals surface area contributed by atoms with Crippen molar-refractivity contribution in [2.75, 3.05) is 19.8 Å². The first-order chi connectivity index (χ1) is 17.0. The fourth-order valence-corrected chi connectivity index (χ4v) is 6.37. The molecular weight excluding hydrogens is 457 g/mol. The van der Waals surface area contributed by atoms with Crippen LogP contribution < -0.4 is 10.6 Å². The van der Waals surface area contributed by atoms with E-state index in [0.717, 1.165) is 59.9 Å². The molecule has 5 nitrogen and oxygen atoms in total. The van der Waals surface area contributed by atoms with Gasteiger partial charge in [-0.2, -0.15) is 0 Å². The molecule has 1 aliphatic carbocycles. The normalized spacial score (nSPS) is 14.8. The predicted molar refractivity (Wildman–Crippen MR) is 145 cm³/mol. The largest absolute Gasteiger partial charge is 0.361 e. The van der Waals surface area contributed by atoms with Gasteiger partial charge in [-0.1, -0.05) is 76.1 Å². The molecule has 190 valence electrons. The second kappa shape index (κ2) is 13.2. The van der Waals surface area contributed by atoms with Crippen molar-refractivity contribution in [1.29, 1.82) is 0 Å². The maximum atomic E-state index is 14.4. The predicted octanol–water partition coefficient (Wildman–Crippen LogP) is 6.90. The van der Waals surface area contributed by atoms with Crippen molar-refractivity contribution in [3.8, 4) is 11.1 Å². The minimum atomic E-state index is -3.62. The van der Waals surface area contributed by atoms with Crippen molar-refractivity contribution in [2.45, 2.75) is 72.1 Å². The first-order valence-corrected chi connectivity index (χ1v) is 14.6. The van der Waals surface area contributed by atoms with Gasteiger partial charge in [0.15, 0.2) is 0 Å². The zero-order valence-electron chi connectivity index (χ0n) is 21.6. The van der Waals surface area contributed by atoms with Gasteiger partial charge in [-0.25, -0.2) is 0 Å². The number of carbonyl (C=O) groups is 1. The third-order valence-corrected chi connectivity index (χ3v) is 8.26. The molecule has 0 saturated carbocycles. The summed E-state index contributed by atoms with van der Waals surface area (Å²) in [6.07, 6.45) is 9.11. The Kier molecular flexibility index (Phi) is 10.3. The van der Waals surface area contributed by atoms with E-state index in [1.807, 2.05) is 50.3 Å². The Bertz CT molecular complexity index is 1060. The van der Waals surface area contributed by atoms with E-state index in [4.69, 9.17) is 9.05 Å². The topological polar surface area (TPSA) is 64.6 Å². The number of unbranched alkanes of at least 4 members (excludes halogenated alkanes) is 2. The second-order valence-corrected chi connectivity index (χ2v) is 11.0. The Morgan fingerprint density at radius 2 is 1.69 bits per heavy atom. The summed E-state index contributed by atoms with van der Waals surface area (Å²) in [7, 11) is -3.62. The minimum Gasteiger partial charge on any atom is -0.355 e. The van der Waals surface area contributed by atoms with Gasteiger partial charge in [0, 0.05) is 12.1 Å². The van der Waals surface area contributed by atoms with E-state index >= 15 is 0 Å². The highest BCUT2D eigenvalue weighted by atomic mass is 31.2. The third kappa shape index (κ3) is 6.33. The molecule has 1 N–H and O–H groups in total. The minimum absolute atomic E-state index is 0.0270. The maximum Gasteiger partial charge on any atom is 0.361 e. The van der Waals surface area contributed by atoms with Gasteiger partial charge < -0.3 is 14.4 Å². The lowest BCUT2D eigenvalue weighted by molar-refractivity contribution is -0.121. The van der Waals surface area contributed by atoms with E-state index in [1.54, 1.807) is 0 Å². The van der Waals surface area contributed by atoms with Crippen LogP contribution in [0.25, 0.3) is 11.1 Å². The van der Waals surface area contributed by atoms with E-state index in [-0.39, 0.29) is 5.91 Å². The summed E-state index contributed by atoms with van der Waals surface area (Å²) in [6, 6.07) is 12.0. The highest BCUT2D eigenvalue weighted by molar-refractivity contribution is 7.62. The van der Waals surface area contributed by atoms with Gasteiger partial charge in [-0.3, -0.25) is 9.36 Å². The summed E-state index contributed by atoms with van der Waals surface area (Å²) >= 11 is 0. The fourth-order valence-electron chi connectivity index (χ4n) is 4.43. The molecule has 0 saturated heterocycles. The molecule has 1 unspecified atom stereocenters. The molecule has 0 heterocycles. The number of amides is 1. The molecule has 35 heavy (non-hydrogen) atoms. The van der Waals surface area contributed by atoms with E-state index in [2.05, 4.69) is 31.3 Å². The maximum absolute atomic E-state index is 14.4. The van der Waals surface area contributed by atoms with Crippen molar-refractivity contribution in [3.05, 3.63) is 65.2 Å². The molecule has 0 aliphatic heterocycles. The molecule has 1 amide bonds. The molecule has 0 fully saturated rings. The van der Waals surface area contributed by atoms with Crippen LogP contribution in [0.4, 0.5) is 0 Å². The van der Waals surface area contributed by atoms with E-state index in [0.29, 0.717) is 31.5 Å². The summed E-state index contributed by atoms with van der Waals surface area (Å²) in [5.74, 6) is -0.474. The molecule has 0 aromatic heterocycles. The van der Waals surface area contributed by atoms with Crippen LogP contribution in [0.2, 0.25) is 0 Å². The lowest BCUT2D eigenvalue weighted by Gasteiger charge is -2.23. The van der Waals surface area contributed by atoms with E-state index in [1.165, 1.54) is 0 Å². The van der Waals surface area contributed by atoms with Gasteiger partial charge in [-0.15, -0.1) is 0 Å². The highest BCUT2D eigenvalue weighted by Crippen LogP contribution is 2.54. The Morgan fingerprint density at radius 3 is 2.31 bits per heavy atom. The molecule has 2 aromatic rings. The van der Waals surface area contributed by atoms with Crippen LogP contribution in [0.5, 0.6) is 0 Å². The second-order valence-electron chi connectivity index (χ2n) is 9.03. The molecule has 3 rings (SSSR count). The van der Waals surface area contributed by atoms with Crippen LogP contribution in [0.15, 0.2) is 48.6 Å².